The van der Waals surface area contributed by atoms with Crippen LogP contribution in [0.2, 0.25) is 0 Å². The predicted molar refractivity (Wildman–Crippen MR) is 80.5 cm³/mol. The van der Waals surface area contributed by atoms with Gasteiger partial charge in [0.05, 0.1) is 16.7 Å². The lowest BCUT2D eigenvalue weighted by Crippen LogP contribution is -2.00. The van der Waals surface area contributed by atoms with Crippen molar-refractivity contribution in [3.8, 4) is 6.07 Å². The molecule has 0 atom stereocenters. The molecule has 3 aromatic rings. The van der Waals surface area contributed by atoms with E-state index in [0.29, 0.717) is 17.3 Å². The topological polar surface area (TPSA) is 74.7 Å². The molecule has 1 aromatic carbocycles. The van der Waals surface area contributed by atoms with Gasteiger partial charge in [-0.2, -0.15) is 5.26 Å². The minimum atomic E-state index is 0.417. The molecule has 0 aliphatic rings. The molecule has 0 aliphatic carbocycles. The van der Waals surface area contributed by atoms with Gasteiger partial charge in [-0.1, -0.05) is 12.1 Å². The van der Waals surface area contributed by atoms with Gasteiger partial charge in [0.2, 0.25) is 5.88 Å². The van der Waals surface area contributed by atoms with Crippen LogP contribution in [0.1, 0.15) is 22.6 Å². The molecule has 2 aromatic heterocycles. The van der Waals surface area contributed by atoms with E-state index >= 15 is 0 Å². The molecule has 104 valence electrons. The second kappa shape index (κ2) is 4.91. The van der Waals surface area contributed by atoms with E-state index < -0.39 is 0 Å². The van der Waals surface area contributed by atoms with E-state index in [9.17, 15) is 5.26 Å². The molecular formula is C16H14N4O. The number of nitrogens with zero attached hydrogens (tertiary/aromatic N) is 3. The zero-order valence-electron chi connectivity index (χ0n) is 12.1. The average Bonchev–Trinajstić information content (AvgIpc) is 2.74. The second-order valence-electron chi connectivity index (χ2n) is 4.87. The van der Waals surface area contributed by atoms with Crippen molar-refractivity contribution in [1.82, 2.24) is 9.97 Å². The van der Waals surface area contributed by atoms with Crippen molar-refractivity contribution in [2.45, 2.75) is 20.8 Å². The molecule has 0 aliphatic heterocycles. The number of hydrogen-bond donors (Lipinski definition) is 1. The molecule has 0 saturated heterocycles. The van der Waals surface area contributed by atoms with E-state index in [2.05, 4.69) is 21.4 Å². The third-order valence-electron chi connectivity index (χ3n) is 3.47. The minimum absolute atomic E-state index is 0.417. The Morgan fingerprint density at radius 3 is 2.43 bits per heavy atom. The van der Waals surface area contributed by atoms with Crippen LogP contribution in [-0.2, 0) is 0 Å². The first-order valence-electron chi connectivity index (χ1n) is 6.60. The number of fused-ring (bicyclic) bond motifs is 1. The summed E-state index contributed by atoms with van der Waals surface area (Å²) in [6, 6.07) is 9.82. The van der Waals surface area contributed by atoms with E-state index in [0.717, 1.165) is 28.1 Å². The van der Waals surface area contributed by atoms with Crippen LogP contribution in [0.25, 0.3) is 11.0 Å². The van der Waals surface area contributed by atoms with E-state index in [4.69, 9.17) is 4.42 Å². The van der Waals surface area contributed by atoms with Gasteiger partial charge in [-0.25, -0.2) is 9.97 Å². The monoisotopic (exact) mass is 278 g/mol. The van der Waals surface area contributed by atoms with Crippen LogP contribution in [0.4, 0.5) is 11.7 Å². The second-order valence-corrected chi connectivity index (χ2v) is 4.87. The zero-order chi connectivity index (χ0) is 15.0. The SMILES string of the molecule is Cc1nc2ccccc2nc1Nc1oc(C)c(C)c1C#N. The molecule has 0 saturated carbocycles. The fourth-order valence-corrected chi connectivity index (χ4v) is 2.16. The summed E-state index contributed by atoms with van der Waals surface area (Å²) in [5.41, 5.74) is 3.73. The maximum absolute atomic E-state index is 9.25. The predicted octanol–water partition coefficient (Wildman–Crippen LogP) is 3.76. The van der Waals surface area contributed by atoms with Crippen molar-refractivity contribution < 1.29 is 4.42 Å². The third-order valence-corrected chi connectivity index (χ3v) is 3.47. The molecular weight excluding hydrogens is 264 g/mol. The fraction of sp³-hybridized carbons (Fsp3) is 0.188. The summed E-state index contributed by atoms with van der Waals surface area (Å²) in [4.78, 5) is 9.05. The van der Waals surface area contributed by atoms with Crippen LogP contribution in [0.3, 0.4) is 0 Å². The van der Waals surface area contributed by atoms with Gasteiger partial charge in [-0.3, -0.25) is 0 Å². The summed E-state index contributed by atoms with van der Waals surface area (Å²) in [5.74, 6) is 1.74. The van der Waals surface area contributed by atoms with Crippen molar-refractivity contribution in [3.63, 3.8) is 0 Å². The van der Waals surface area contributed by atoms with Crippen molar-refractivity contribution >= 4 is 22.7 Å². The zero-order valence-corrected chi connectivity index (χ0v) is 12.1. The Morgan fingerprint density at radius 1 is 1.10 bits per heavy atom. The molecule has 0 amide bonds. The maximum atomic E-state index is 9.25. The minimum Gasteiger partial charge on any atom is -0.444 e. The van der Waals surface area contributed by atoms with Gasteiger partial charge in [0, 0.05) is 5.56 Å². The van der Waals surface area contributed by atoms with Gasteiger partial charge in [-0.05, 0) is 32.9 Å². The number of aromatic nitrogens is 2. The Bertz CT molecular complexity index is 874. The fourth-order valence-electron chi connectivity index (χ4n) is 2.16. The number of para-hydroxylation sites is 2. The number of hydrogen-bond acceptors (Lipinski definition) is 5. The molecule has 2 heterocycles. The highest BCUT2D eigenvalue weighted by Gasteiger charge is 2.16. The first-order valence-corrected chi connectivity index (χ1v) is 6.60. The third kappa shape index (κ3) is 2.21. The van der Waals surface area contributed by atoms with Crippen molar-refractivity contribution in [2.75, 3.05) is 5.32 Å². The molecule has 0 radical (unpaired) electrons. The van der Waals surface area contributed by atoms with Crippen LogP contribution in [0.15, 0.2) is 28.7 Å². The van der Waals surface area contributed by atoms with Gasteiger partial charge in [-0.15, -0.1) is 0 Å². The van der Waals surface area contributed by atoms with Gasteiger partial charge < -0.3 is 9.73 Å². The molecule has 21 heavy (non-hydrogen) atoms. The van der Waals surface area contributed by atoms with Crippen molar-refractivity contribution in [1.29, 1.82) is 5.26 Å². The Morgan fingerprint density at radius 2 is 1.76 bits per heavy atom. The normalized spacial score (nSPS) is 10.6. The highest BCUT2D eigenvalue weighted by Crippen LogP contribution is 2.29. The number of nitriles is 1. The first-order chi connectivity index (χ1) is 10.1. The first kappa shape index (κ1) is 13.1. The number of rotatable bonds is 2. The van der Waals surface area contributed by atoms with Gasteiger partial charge >= 0.3 is 0 Å². The van der Waals surface area contributed by atoms with Crippen LogP contribution in [-0.4, -0.2) is 9.97 Å². The van der Waals surface area contributed by atoms with Gasteiger partial charge in [0.1, 0.15) is 17.4 Å². The van der Waals surface area contributed by atoms with Crippen LogP contribution in [0.5, 0.6) is 0 Å². The van der Waals surface area contributed by atoms with Crippen LogP contribution in [0, 0.1) is 32.1 Å². The summed E-state index contributed by atoms with van der Waals surface area (Å²) in [6.07, 6.45) is 0. The molecule has 0 bridgehead atoms. The molecule has 0 fully saturated rings. The van der Waals surface area contributed by atoms with Gasteiger partial charge in [0.25, 0.3) is 0 Å². The van der Waals surface area contributed by atoms with E-state index in [1.165, 1.54) is 0 Å². The van der Waals surface area contributed by atoms with E-state index in [-0.39, 0.29) is 0 Å². The molecule has 0 spiro atoms. The van der Waals surface area contributed by atoms with Crippen LogP contribution >= 0.6 is 0 Å². The number of furan rings is 1. The quantitative estimate of drug-likeness (QED) is 0.772. The highest BCUT2D eigenvalue weighted by atomic mass is 16.4. The molecule has 3 rings (SSSR count). The summed E-state index contributed by atoms with van der Waals surface area (Å²) in [5, 5.41) is 12.3. The summed E-state index contributed by atoms with van der Waals surface area (Å²) in [6.45, 7) is 5.57. The number of nitrogens with one attached hydrogen (secondary N) is 1. The van der Waals surface area contributed by atoms with E-state index in [1.54, 1.807) is 0 Å². The average molecular weight is 278 g/mol. The maximum Gasteiger partial charge on any atom is 0.216 e. The molecule has 5 nitrogen and oxygen atoms in total. The Kier molecular flexibility index (Phi) is 3.07. The lowest BCUT2D eigenvalue weighted by Gasteiger charge is -2.07. The largest absolute Gasteiger partial charge is 0.444 e. The highest BCUT2D eigenvalue weighted by molar-refractivity contribution is 5.77. The molecule has 1 N–H and O–H groups in total. The number of benzene rings is 1. The smallest absolute Gasteiger partial charge is 0.216 e. The lowest BCUT2D eigenvalue weighted by molar-refractivity contribution is 0.547. The number of anilines is 2. The van der Waals surface area contributed by atoms with Crippen LogP contribution < -0.4 is 5.32 Å². The Labute approximate surface area is 122 Å². The standard InChI is InChI=1S/C16H14N4O/c1-9-11(3)21-16(12(9)8-17)20-15-10(2)18-13-6-4-5-7-14(13)19-15/h4-7H,1-3H3,(H,19,20). The summed E-state index contributed by atoms with van der Waals surface area (Å²) < 4.78 is 5.61. The molecule has 5 heteroatoms. The number of aryl methyl sites for hydroxylation is 2. The summed E-state index contributed by atoms with van der Waals surface area (Å²) >= 11 is 0. The lowest BCUT2D eigenvalue weighted by atomic mass is 10.2. The van der Waals surface area contributed by atoms with Crippen molar-refractivity contribution in [3.05, 3.63) is 46.8 Å². The van der Waals surface area contributed by atoms with Crippen molar-refractivity contribution in [2.24, 2.45) is 0 Å². The van der Waals surface area contributed by atoms with Gasteiger partial charge in [0.15, 0.2) is 5.82 Å². The molecule has 0 unspecified atom stereocenters. The Balaban J connectivity index is 2.08. The van der Waals surface area contributed by atoms with E-state index in [1.807, 2.05) is 45.0 Å². The Hall–Kier alpha value is -2.87. The summed E-state index contributed by atoms with van der Waals surface area (Å²) in [7, 11) is 0.